The largest absolute Gasteiger partial charge is 0.456 e. The van der Waals surface area contributed by atoms with E-state index < -0.39 is 0 Å². The molecule has 0 saturated carbocycles. The third-order valence-corrected chi connectivity index (χ3v) is 4.28. The summed E-state index contributed by atoms with van der Waals surface area (Å²) in [4.78, 5) is 0. The van der Waals surface area contributed by atoms with Gasteiger partial charge in [0.05, 0.1) is 4.47 Å². The van der Waals surface area contributed by atoms with Crippen molar-refractivity contribution in [2.75, 3.05) is 6.54 Å². The van der Waals surface area contributed by atoms with Gasteiger partial charge in [-0.25, -0.2) is 0 Å². The Bertz CT molecular complexity index is 637. The van der Waals surface area contributed by atoms with Gasteiger partial charge in [-0.05, 0) is 77.6 Å². The van der Waals surface area contributed by atoms with E-state index in [0.717, 1.165) is 34.6 Å². The molecule has 0 aromatic heterocycles. The minimum atomic E-state index is 0.854. The first-order chi connectivity index (χ1) is 10.0. The van der Waals surface area contributed by atoms with Crippen LogP contribution in [0, 0.1) is 20.8 Å². The lowest BCUT2D eigenvalue weighted by molar-refractivity contribution is 0.471. The fraction of sp³-hybridized carbons (Fsp3) is 0.333. The molecule has 0 atom stereocenters. The number of halogens is 1. The average Bonchev–Trinajstić information content (AvgIpc) is 2.47. The van der Waals surface area contributed by atoms with E-state index >= 15 is 0 Å². The molecule has 0 spiro atoms. The Morgan fingerprint density at radius 3 is 2.43 bits per heavy atom. The standard InChI is InChI=1S/C18H22BrNO/c1-5-20-11-15-8-9-17(16(19)10-15)21-18-13(3)7-6-12(2)14(18)4/h6-10,20H,5,11H2,1-4H3. The normalized spacial score (nSPS) is 10.7. The summed E-state index contributed by atoms with van der Waals surface area (Å²) in [5.41, 5.74) is 4.84. The highest BCUT2D eigenvalue weighted by Gasteiger charge is 2.10. The topological polar surface area (TPSA) is 21.3 Å². The average molecular weight is 348 g/mol. The smallest absolute Gasteiger partial charge is 0.141 e. The minimum absolute atomic E-state index is 0.854. The molecule has 0 bridgehead atoms. The number of benzene rings is 2. The van der Waals surface area contributed by atoms with Gasteiger partial charge in [0.2, 0.25) is 0 Å². The Morgan fingerprint density at radius 2 is 1.76 bits per heavy atom. The molecule has 3 heteroatoms. The maximum Gasteiger partial charge on any atom is 0.141 e. The summed E-state index contributed by atoms with van der Waals surface area (Å²) in [5.74, 6) is 1.81. The van der Waals surface area contributed by atoms with Crippen molar-refractivity contribution in [2.24, 2.45) is 0 Å². The molecule has 0 amide bonds. The van der Waals surface area contributed by atoms with Gasteiger partial charge < -0.3 is 10.1 Å². The minimum Gasteiger partial charge on any atom is -0.456 e. The summed E-state index contributed by atoms with van der Waals surface area (Å²) in [6, 6.07) is 10.5. The quantitative estimate of drug-likeness (QED) is 0.794. The van der Waals surface area contributed by atoms with Crippen LogP contribution in [0.1, 0.15) is 29.2 Å². The van der Waals surface area contributed by atoms with Crippen LogP contribution in [0.25, 0.3) is 0 Å². The van der Waals surface area contributed by atoms with Crippen LogP contribution in [0.3, 0.4) is 0 Å². The molecular weight excluding hydrogens is 326 g/mol. The van der Waals surface area contributed by atoms with E-state index in [9.17, 15) is 0 Å². The molecule has 112 valence electrons. The number of rotatable bonds is 5. The van der Waals surface area contributed by atoms with Crippen molar-refractivity contribution in [3.05, 3.63) is 57.1 Å². The van der Waals surface area contributed by atoms with Crippen LogP contribution in [0.5, 0.6) is 11.5 Å². The van der Waals surface area contributed by atoms with Crippen molar-refractivity contribution in [3.63, 3.8) is 0 Å². The third-order valence-electron chi connectivity index (χ3n) is 3.66. The lowest BCUT2D eigenvalue weighted by Crippen LogP contribution is -2.11. The zero-order valence-electron chi connectivity index (χ0n) is 13.1. The molecule has 0 aliphatic heterocycles. The van der Waals surface area contributed by atoms with Crippen LogP contribution in [0.4, 0.5) is 0 Å². The van der Waals surface area contributed by atoms with Crippen molar-refractivity contribution in [1.29, 1.82) is 0 Å². The van der Waals surface area contributed by atoms with Crippen molar-refractivity contribution < 1.29 is 4.74 Å². The molecule has 0 heterocycles. The Hall–Kier alpha value is -1.32. The molecule has 2 nitrogen and oxygen atoms in total. The second kappa shape index (κ2) is 7.10. The molecule has 0 aliphatic carbocycles. The second-order valence-electron chi connectivity index (χ2n) is 5.30. The van der Waals surface area contributed by atoms with E-state index in [1.54, 1.807) is 0 Å². The molecule has 21 heavy (non-hydrogen) atoms. The highest BCUT2D eigenvalue weighted by molar-refractivity contribution is 9.10. The van der Waals surface area contributed by atoms with Crippen LogP contribution in [0.2, 0.25) is 0 Å². The van der Waals surface area contributed by atoms with E-state index in [1.807, 2.05) is 6.07 Å². The number of hydrogen-bond donors (Lipinski definition) is 1. The van der Waals surface area contributed by atoms with Gasteiger partial charge >= 0.3 is 0 Å². The first-order valence-corrected chi connectivity index (χ1v) is 8.06. The lowest BCUT2D eigenvalue weighted by atomic mass is 10.1. The third kappa shape index (κ3) is 3.86. The maximum absolute atomic E-state index is 6.14. The van der Waals surface area contributed by atoms with E-state index in [4.69, 9.17) is 4.74 Å². The highest BCUT2D eigenvalue weighted by Crippen LogP contribution is 2.35. The zero-order chi connectivity index (χ0) is 15.4. The molecule has 2 aromatic rings. The van der Waals surface area contributed by atoms with Crippen LogP contribution in [-0.4, -0.2) is 6.54 Å². The predicted octanol–water partition coefficient (Wildman–Crippen LogP) is 5.28. The van der Waals surface area contributed by atoms with E-state index in [-0.39, 0.29) is 0 Å². The monoisotopic (exact) mass is 347 g/mol. The lowest BCUT2D eigenvalue weighted by Gasteiger charge is -2.15. The van der Waals surface area contributed by atoms with Gasteiger partial charge in [-0.1, -0.05) is 25.1 Å². The molecule has 0 fully saturated rings. The van der Waals surface area contributed by atoms with Crippen LogP contribution < -0.4 is 10.1 Å². The summed E-state index contributed by atoms with van der Waals surface area (Å²) in [6.45, 7) is 10.2. The molecule has 2 rings (SSSR count). The number of ether oxygens (including phenoxy) is 1. The molecule has 0 aliphatic rings. The van der Waals surface area contributed by atoms with Gasteiger partial charge in [0, 0.05) is 6.54 Å². The first kappa shape index (κ1) is 16.1. The number of hydrogen-bond acceptors (Lipinski definition) is 2. The maximum atomic E-state index is 6.14. The van der Waals surface area contributed by atoms with Crippen molar-refractivity contribution in [2.45, 2.75) is 34.2 Å². The fourth-order valence-corrected chi connectivity index (χ4v) is 2.71. The van der Waals surface area contributed by atoms with Crippen LogP contribution in [0.15, 0.2) is 34.8 Å². The van der Waals surface area contributed by atoms with Gasteiger partial charge in [0.15, 0.2) is 0 Å². The van der Waals surface area contributed by atoms with E-state index in [2.05, 4.69) is 73.2 Å². The van der Waals surface area contributed by atoms with Gasteiger partial charge in [-0.15, -0.1) is 0 Å². The fourth-order valence-electron chi connectivity index (χ4n) is 2.20. The number of aryl methyl sites for hydroxylation is 2. The van der Waals surface area contributed by atoms with E-state index in [1.165, 1.54) is 16.7 Å². The summed E-state index contributed by atoms with van der Waals surface area (Å²) in [6.07, 6.45) is 0. The van der Waals surface area contributed by atoms with Crippen LogP contribution >= 0.6 is 15.9 Å². The SMILES string of the molecule is CCNCc1ccc(Oc2c(C)ccc(C)c2C)c(Br)c1. The second-order valence-corrected chi connectivity index (χ2v) is 6.15. The summed E-state index contributed by atoms with van der Waals surface area (Å²) < 4.78 is 7.13. The van der Waals surface area contributed by atoms with Crippen molar-refractivity contribution in [1.82, 2.24) is 5.32 Å². The Kier molecular flexibility index (Phi) is 5.43. The summed E-state index contributed by atoms with van der Waals surface area (Å²) in [5, 5.41) is 3.32. The van der Waals surface area contributed by atoms with Crippen molar-refractivity contribution >= 4 is 15.9 Å². The van der Waals surface area contributed by atoms with Gasteiger partial charge in [0.1, 0.15) is 11.5 Å². The molecule has 1 N–H and O–H groups in total. The Labute approximate surface area is 135 Å². The molecule has 2 aromatic carbocycles. The van der Waals surface area contributed by atoms with Crippen LogP contribution in [-0.2, 0) is 6.54 Å². The van der Waals surface area contributed by atoms with Gasteiger partial charge in [-0.3, -0.25) is 0 Å². The van der Waals surface area contributed by atoms with Gasteiger partial charge in [-0.2, -0.15) is 0 Å². The summed E-state index contributed by atoms with van der Waals surface area (Å²) in [7, 11) is 0. The van der Waals surface area contributed by atoms with E-state index in [0.29, 0.717) is 0 Å². The molecule has 0 unspecified atom stereocenters. The number of nitrogens with one attached hydrogen (secondary N) is 1. The first-order valence-electron chi connectivity index (χ1n) is 7.26. The molecule has 0 radical (unpaired) electrons. The highest BCUT2D eigenvalue weighted by atomic mass is 79.9. The van der Waals surface area contributed by atoms with Crippen molar-refractivity contribution in [3.8, 4) is 11.5 Å². The Balaban J connectivity index is 2.26. The summed E-state index contributed by atoms with van der Waals surface area (Å²) >= 11 is 3.61. The predicted molar refractivity (Wildman–Crippen MR) is 92.2 cm³/mol. The Morgan fingerprint density at radius 1 is 1.05 bits per heavy atom. The molecular formula is C18H22BrNO. The molecule has 0 saturated heterocycles. The zero-order valence-corrected chi connectivity index (χ0v) is 14.7. The van der Waals surface area contributed by atoms with Gasteiger partial charge in [0.25, 0.3) is 0 Å².